The zero-order valence-corrected chi connectivity index (χ0v) is 41.9. The molecule has 0 aliphatic heterocycles. The van der Waals surface area contributed by atoms with Crippen LogP contribution < -0.4 is 31.6 Å². The molecular formula is C48H33FeO12S6. The van der Waals surface area contributed by atoms with E-state index in [4.69, 9.17) is 13.3 Å². The minimum atomic E-state index is -1.32. The molecule has 0 aliphatic carbocycles. The first-order chi connectivity index (χ1) is 31.6. The number of carbonyl (C=O) groups excluding carboxylic acids is 3. The molecule has 19 heteroatoms. The van der Waals surface area contributed by atoms with Gasteiger partial charge < -0.3 is 43.0 Å². The summed E-state index contributed by atoms with van der Waals surface area (Å²) in [6, 6.07) is 23.8. The van der Waals surface area contributed by atoms with Gasteiger partial charge in [-0.25, -0.2) is 0 Å². The molecule has 341 valence electrons. The van der Waals surface area contributed by atoms with Crippen LogP contribution in [0.15, 0.2) is 148 Å². The Morgan fingerprint density at radius 3 is 0.836 bits per heavy atom. The van der Waals surface area contributed by atoms with Crippen molar-refractivity contribution in [1.82, 2.24) is 0 Å². The van der Waals surface area contributed by atoms with Gasteiger partial charge in [0.2, 0.25) is 16.3 Å². The molecule has 9 aromatic rings. The van der Waals surface area contributed by atoms with Crippen LogP contribution in [-0.2, 0) is 17.1 Å². The van der Waals surface area contributed by atoms with Gasteiger partial charge in [-0.05, 0) is 145 Å². The standard InChI is InChI=1S/3C16H12O4S2.Fe/c3*1-21-9-6-11-14(17)10-5-8(16(18)19)3-4-12(10)20-15(11)13(7-9)22-2;/h3*3-7H,1-2H3,(H,18,19);/q;;;+3/p-3. The third-order valence-electron chi connectivity index (χ3n) is 10.2. The predicted octanol–water partition coefficient (Wildman–Crippen LogP) is 8.26. The maximum Gasteiger partial charge on any atom is 3.00 e. The van der Waals surface area contributed by atoms with E-state index in [2.05, 4.69) is 0 Å². The Bertz CT molecular complexity index is 3260. The Kier molecular flexibility index (Phi) is 16.6. The van der Waals surface area contributed by atoms with Gasteiger partial charge in [-0.2, -0.15) is 0 Å². The Labute approximate surface area is 416 Å². The maximum atomic E-state index is 12.7. The molecule has 0 fully saturated rings. The van der Waals surface area contributed by atoms with E-state index >= 15 is 0 Å². The summed E-state index contributed by atoms with van der Waals surface area (Å²) < 4.78 is 17.5. The summed E-state index contributed by atoms with van der Waals surface area (Å²) in [5.74, 6) is -3.95. The second-order valence-electron chi connectivity index (χ2n) is 13.9. The van der Waals surface area contributed by atoms with Gasteiger partial charge in [0.05, 0.1) is 64.9 Å². The zero-order chi connectivity index (χ0) is 47.6. The number of benzene rings is 6. The van der Waals surface area contributed by atoms with E-state index < -0.39 is 17.9 Å². The number of carboxylic acids is 3. The van der Waals surface area contributed by atoms with E-state index in [1.807, 2.05) is 55.7 Å². The summed E-state index contributed by atoms with van der Waals surface area (Å²) >= 11 is 9.12. The van der Waals surface area contributed by atoms with Crippen molar-refractivity contribution in [3.05, 3.63) is 138 Å². The molecule has 0 N–H and O–H groups in total. The molecule has 0 saturated carbocycles. The van der Waals surface area contributed by atoms with Crippen LogP contribution in [0.5, 0.6) is 0 Å². The summed E-state index contributed by atoms with van der Waals surface area (Å²) in [5.41, 5.74) is 1.90. The molecule has 0 spiro atoms. The number of thioether (sulfide) groups is 6. The fraction of sp³-hybridized carbons (Fsp3) is 0.125. The van der Waals surface area contributed by atoms with Gasteiger partial charge in [0, 0.05) is 14.7 Å². The minimum Gasteiger partial charge on any atom is -0.545 e. The summed E-state index contributed by atoms with van der Waals surface area (Å²) in [6.45, 7) is 0. The zero-order valence-electron chi connectivity index (χ0n) is 35.9. The van der Waals surface area contributed by atoms with Crippen LogP contribution in [0.2, 0.25) is 0 Å². The second kappa shape index (κ2) is 21.8. The number of carbonyl (C=O) groups is 3. The van der Waals surface area contributed by atoms with Crippen LogP contribution >= 0.6 is 70.6 Å². The quantitative estimate of drug-likeness (QED) is 0.0756. The van der Waals surface area contributed by atoms with E-state index in [-0.39, 0.29) is 66.2 Å². The number of fused-ring (bicyclic) bond motifs is 6. The van der Waals surface area contributed by atoms with Gasteiger partial charge in [-0.3, -0.25) is 14.4 Å². The van der Waals surface area contributed by atoms with Crippen LogP contribution in [0.3, 0.4) is 0 Å². The van der Waals surface area contributed by atoms with Crippen molar-refractivity contribution in [3.8, 4) is 0 Å². The molecule has 0 unspecified atom stereocenters. The molecule has 3 aromatic heterocycles. The topological polar surface area (TPSA) is 211 Å². The number of rotatable bonds is 9. The van der Waals surface area contributed by atoms with Crippen molar-refractivity contribution in [1.29, 1.82) is 0 Å². The van der Waals surface area contributed by atoms with Crippen molar-refractivity contribution in [2.75, 3.05) is 37.5 Å². The molecule has 0 atom stereocenters. The van der Waals surface area contributed by atoms with E-state index in [9.17, 15) is 44.1 Å². The molecule has 1 radical (unpaired) electrons. The fourth-order valence-corrected chi connectivity index (χ4v) is 10.3. The van der Waals surface area contributed by atoms with E-state index in [0.717, 1.165) is 29.4 Å². The number of hydrogen-bond acceptors (Lipinski definition) is 18. The van der Waals surface area contributed by atoms with Gasteiger partial charge in [0.25, 0.3) is 0 Å². The summed E-state index contributed by atoms with van der Waals surface area (Å²) in [6.07, 6.45) is 11.6. The SMILES string of the molecule is CSc1cc(SC)c2oc3ccc(C(=O)[O-])cc3c(=O)c2c1.CSc1cc(SC)c2oc3ccc(C(=O)[O-])cc3c(=O)c2c1.CSc1cc(SC)c2oc3ccc(C(=O)[O-])cc3c(=O)c2c1.[Fe+3]. The molecular weight excluding hydrogens is 1020 g/mol. The van der Waals surface area contributed by atoms with Crippen LogP contribution in [-0.4, -0.2) is 55.4 Å². The van der Waals surface area contributed by atoms with Gasteiger partial charge in [-0.15, -0.1) is 70.6 Å². The molecule has 3 heterocycles. The van der Waals surface area contributed by atoms with Gasteiger partial charge in [-0.1, -0.05) is 0 Å². The van der Waals surface area contributed by atoms with Crippen molar-refractivity contribution < 1.29 is 60.0 Å². The molecule has 0 saturated heterocycles. The van der Waals surface area contributed by atoms with Crippen molar-refractivity contribution in [3.63, 3.8) is 0 Å². The van der Waals surface area contributed by atoms with Gasteiger partial charge in [0.1, 0.15) is 16.7 Å². The first-order valence-electron chi connectivity index (χ1n) is 19.2. The largest absolute Gasteiger partial charge is 3.00 e. The Balaban J connectivity index is 0.000000165. The van der Waals surface area contributed by atoms with Gasteiger partial charge in [0.15, 0.2) is 16.7 Å². The second-order valence-corrected chi connectivity index (χ2v) is 19.1. The Morgan fingerprint density at radius 1 is 0.373 bits per heavy atom. The molecule has 12 nitrogen and oxygen atoms in total. The van der Waals surface area contributed by atoms with Crippen LogP contribution in [0, 0.1) is 0 Å². The minimum absolute atomic E-state index is 0. The summed E-state index contributed by atoms with van der Waals surface area (Å²) in [5, 5.41) is 35.0. The smallest absolute Gasteiger partial charge is 0.545 e. The van der Waals surface area contributed by atoms with E-state index in [0.29, 0.717) is 49.7 Å². The number of carboxylic acid groups (broad SMARTS) is 3. The van der Waals surface area contributed by atoms with Crippen molar-refractivity contribution in [2.24, 2.45) is 0 Å². The fourth-order valence-electron chi connectivity index (χ4n) is 6.90. The third-order valence-corrected chi connectivity index (χ3v) is 14.6. The number of aromatic carboxylic acids is 3. The monoisotopic (exact) mass is 1050 g/mol. The van der Waals surface area contributed by atoms with Gasteiger partial charge >= 0.3 is 17.1 Å². The molecule has 0 amide bonds. The van der Waals surface area contributed by atoms with Crippen molar-refractivity contribution in [2.45, 2.75) is 29.4 Å². The Morgan fingerprint density at radius 2 is 0.627 bits per heavy atom. The van der Waals surface area contributed by atoms with E-state index in [1.165, 1.54) is 125 Å². The first kappa shape index (κ1) is 51.2. The average molecular weight is 1050 g/mol. The first-order valence-corrected chi connectivity index (χ1v) is 26.5. The normalized spacial score (nSPS) is 11.0. The molecule has 67 heavy (non-hydrogen) atoms. The van der Waals surface area contributed by atoms with Crippen LogP contribution in [0.1, 0.15) is 31.1 Å². The van der Waals surface area contributed by atoms with Crippen LogP contribution in [0.4, 0.5) is 0 Å². The Hall–Kier alpha value is -5.24. The van der Waals surface area contributed by atoms with Crippen molar-refractivity contribution >= 4 is 154 Å². The van der Waals surface area contributed by atoms with Crippen LogP contribution in [0.25, 0.3) is 65.8 Å². The third kappa shape index (κ3) is 10.4. The summed E-state index contributed by atoms with van der Waals surface area (Å²) in [4.78, 5) is 76.5. The number of hydrogen-bond donors (Lipinski definition) is 0. The summed E-state index contributed by atoms with van der Waals surface area (Å²) in [7, 11) is 0. The van der Waals surface area contributed by atoms with E-state index in [1.54, 1.807) is 18.2 Å². The predicted molar refractivity (Wildman–Crippen MR) is 264 cm³/mol. The molecule has 0 bridgehead atoms. The molecule has 9 rings (SSSR count). The molecule has 0 aliphatic rings. The maximum absolute atomic E-state index is 12.7. The molecule has 6 aromatic carbocycles. The average Bonchev–Trinajstić information content (AvgIpc) is 3.33.